The molecule has 4 nitrogen and oxygen atoms in total. The summed E-state index contributed by atoms with van der Waals surface area (Å²) in [6, 6.07) is 0. The molecule has 1 aliphatic rings. The van der Waals surface area contributed by atoms with Crippen LogP contribution in [-0.2, 0) is 10.0 Å². The molecule has 2 N–H and O–H groups in total. The predicted octanol–water partition coefficient (Wildman–Crippen LogP) is 2.90. The fraction of sp³-hybridized carbons (Fsp3) is 1.00. The number of piperidine rings is 1. The van der Waals surface area contributed by atoms with E-state index in [1.54, 1.807) is 0 Å². The molecule has 1 heterocycles. The Hall–Kier alpha value is -0.130. The average molecular weight is 319 g/mol. The zero-order chi connectivity index (χ0) is 15.6. The Morgan fingerprint density at radius 1 is 1.10 bits per heavy atom. The van der Waals surface area contributed by atoms with Gasteiger partial charge in [-0.25, -0.2) is 13.1 Å². The van der Waals surface area contributed by atoms with Gasteiger partial charge in [0.25, 0.3) is 0 Å². The van der Waals surface area contributed by atoms with Crippen molar-refractivity contribution in [2.75, 3.05) is 25.4 Å². The number of rotatable bonds is 11. The molecule has 21 heavy (non-hydrogen) atoms. The Kier molecular flexibility index (Phi) is 9.52. The minimum absolute atomic E-state index is 0.297. The summed E-state index contributed by atoms with van der Waals surface area (Å²) in [5.74, 6) is 1.66. The fourth-order valence-electron chi connectivity index (χ4n) is 2.82. The summed E-state index contributed by atoms with van der Waals surface area (Å²) in [6.07, 6.45) is 8.90. The summed E-state index contributed by atoms with van der Waals surface area (Å²) >= 11 is 0. The van der Waals surface area contributed by atoms with Crippen LogP contribution < -0.4 is 10.0 Å². The number of hydrogen-bond donors (Lipinski definition) is 2. The topological polar surface area (TPSA) is 58.2 Å². The van der Waals surface area contributed by atoms with E-state index in [-0.39, 0.29) is 0 Å². The van der Waals surface area contributed by atoms with E-state index < -0.39 is 10.0 Å². The molecule has 0 aliphatic carbocycles. The standard InChI is InChI=1S/C16H34N2O2S/c1-15(2)7-5-3-4-6-11-18-21(19,20)14-10-16-8-12-17-13-9-16/h15-18H,3-14H2,1-2H3. The van der Waals surface area contributed by atoms with E-state index in [0.717, 1.165) is 51.1 Å². The van der Waals surface area contributed by atoms with Gasteiger partial charge in [-0.15, -0.1) is 0 Å². The summed E-state index contributed by atoms with van der Waals surface area (Å²) in [5, 5.41) is 3.31. The molecule has 0 atom stereocenters. The quantitative estimate of drug-likeness (QED) is 0.576. The van der Waals surface area contributed by atoms with E-state index in [1.165, 1.54) is 19.3 Å². The van der Waals surface area contributed by atoms with Gasteiger partial charge in [0.15, 0.2) is 0 Å². The van der Waals surface area contributed by atoms with Gasteiger partial charge in [-0.1, -0.05) is 39.5 Å². The lowest BCUT2D eigenvalue weighted by molar-refractivity contribution is 0.365. The van der Waals surface area contributed by atoms with Crippen LogP contribution in [0.3, 0.4) is 0 Å². The van der Waals surface area contributed by atoms with Crippen LogP contribution >= 0.6 is 0 Å². The van der Waals surface area contributed by atoms with E-state index in [1.807, 2.05) is 0 Å². The number of nitrogens with one attached hydrogen (secondary N) is 2. The first-order valence-corrected chi connectivity index (χ1v) is 10.3. The molecular weight excluding hydrogens is 284 g/mol. The Morgan fingerprint density at radius 2 is 1.76 bits per heavy atom. The van der Waals surface area contributed by atoms with Gasteiger partial charge in [0.05, 0.1) is 5.75 Å². The first kappa shape index (κ1) is 18.9. The van der Waals surface area contributed by atoms with Crippen LogP contribution in [0.4, 0.5) is 0 Å². The van der Waals surface area contributed by atoms with Crippen LogP contribution in [0.2, 0.25) is 0 Å². The third kappa shape index (κ3) is 10.3. The molecule has 1 aliphatic heterocycles. The van der Waals surface area contributed by atoms with Gasteiger partial charge in [-0.3, -0.25) is 0 Å². The molecule has 1 saturated heterocycles. The monoisotopic (exact) mass is 318 g/mol. The molecule has 0 unspecified atom stereocenters. The second kappa shape index (κ2) is 10.6. The lowest BCUT2D eigenvalue weighted by Gasteiger charge is -2.22. The van der Waals surface area contributed by atoms with Crippen LogP contribution in [0.5, 0.6) is 0 Å². The van der Waals surface area contributed by atoms with Crippen LogP contribution in [0.15, 0.2) is 0 Å². The second-order valence-corrected chi connectivity index (χ2v) is 8.72. The van der Waals surface area contributed by atoms with Crippen LogP contribution in [0.1, 0.15) is 65.2 Å². The van der Waals surface area contributed by atoms with Crippen molar-refractivity contribution in [1.82, 2.24) is 10.0 Å². The third-order valence-electron chi connectivity index (χ3n) is 4.28. The zero-order valence-corrected chi connectivity index (χ0v) is 14.7. The number of sulfonamides is 1. The molecule has 0 aromatic carbocycles. The number of hydrogen-bond acceptors (Lipinski definition) is 3. The first-order valence-electron chi connectivity index (χ1n) is 8.67. The minimum Gasteiger partial charge on any atom is -0.317 e. The largest absolute Gasteiger partial charge is 0.317 e. The Bertz CT molecular complexity index is 349. The maximum Gasteiger partial charge on any atom is 0.211 e. The summed E-state index contributed by atoms with van der Waals surface area (Å²) in [6.45, 7) is 7.17. The Balaban J connectivity index is 2.01. The molecule has 0 aromatic rings. The summed E-state index contributed by atoms with van der Waals surface area (Å²) in [7, 11) is -3.06. The van der Waals surface area contributed by atoms with Gasteiger partial charge in [0.2, 0.25) is 10.0 Å². The second-order valence-electron chi connectivity index (χ2n) is 6.79. The Morgan fingerprint density at radius 3 is 2.43 bits per heavy atom. The number of unbranched alkanes of at least 4 members (excludes halogenated alkanes) is 3. The smallest absolute Gasteiger partial charge is 0.211 e. The highest BCUT2D eigenvalue weighted by molar-refractivity contribution is 7.89. The van der Waals surface area contributed by atoms with E-state index in [2.05, 4.69) is 23.9 Å². The highest BCUT2D eigenvalue weighted by Gasteiger charge is 2.17. The summed E-state index contributed by atoms with van der Waals surface area (Å²) in [5.41, 5.74) is 0. The van der Waals surface area contributed by atoms with Gasteiger partial charge in [0, 0.05) is 6.54 Å². The van der Waals surface area contributed by atoms with E-state index in [9.17, 15) is 8.42 Å². The predicted molar refractivity (Wildman–Crippen MR) is 89.9 cm³/mol. The van der Waals surface area contributed by atoms with Crippen molar-refractivity contribution in [3.63, 3.8) is 0 Å². The van der Waals surface area contributed by atoms with Gasteiger partial charge in [-0.2, -0.15) is 0 Å². The summed E-state index contributed by atoms with van der Waals surface area (Å²) < 4.78 is 26.6. The molecule has 126 valence electrons. The van der Waals surface area contributed by atoms with Crippen molar-refractivity contribution in [2.45, 2.75) is 65.2 Å². The summed E-state index contributed by atoms with van der Waals surface area (Å²) in [4.78, 5) is 0. The first-order chi connectivity index (χ1) is 9.99. The van der Waals surface area contributed by atoms with Gasteiger partial charge in [0.1, 0.15) is 0 Å². The van der Waals surface area contributed by atoms with Crippen molar-refractivity contribution >= 4 is 10.0 Å². The highest BCUT2D eigenvalue weighted by atomic mass is 32.2. The molecule has 0 radical (unpaired) electrons. The zero-order valence-electron chi connectivity index (χ0n) is 13.9. The molecule has 0 aromatic heterocycles. The van der Waals surface area contributed by atoms with Gasteiger partial charge in [-0.05, 0) is 50.6 Å². The molecule has 0 spiro atoms. The maximum atomic E-state index is 11.9. The van der Waals surface area contributed by atoms with E-state index in [0.29, 0.717) is 18.2 Å². The van der Waals surface area contributed by atoms with Crippen molar-refractivity contribution in [3.8, 4) is 0 Å². The average Bonchev–Trinajstić information content (AvgIpc) is 2.45. The van der Waals surface area contributed by atoms with Crippen LogP contribution in [0.25, 0.3) is 0 Å². The lowest BCUT2D eigenvalue weighted by atomic mass is 9.96. The van der Waals surface area contributed by atoms with Crippen LogP contribution in [0, 0.1) is 11.8 Å². The van der Waals surface area contributed by atoms with Crippen molar-refractivity contribution in [2.24, 2.45) is 11.8 Å². The highest BCUT2D eigenvalue weighted by Crippen LogP contribution is 2.16. The Labute approximate surface area is 131 Å². The van der Waals surface area contributed by atoms with Gasteiger partial charge < -0.3 is 5.32 Å². The third-order valence-corrected chi connectivity index (χ3v) is 5.70. The molecule has 0 amide bonds. The SMILES string of the molecule is CC(C)CCCCCCNS(=O)(=O)CCC1CCNCC1. The van der Waals surface area contributed by atoms with Crippen LogP contribution in [-0.4, -0.2) is 33.8 Å². The molecular formula is C16H34N2O2S. The fourth-order valence-corrected chi connectivity index (χ4v) is 4.07. The minimum atomic E-state index is -3.06. The van der Waals surface area contributed by atoms with Gasteiger partial charge >= 0.3 is 0 Å². The lowest BCUT2D eigenvalue weighted by Crippen LogP contribution is -2.31. The van der Waals surface area contributed by atoms with Crippen molar-refractivity contribution in [3.05, 3.63) is 0 Å². The van der Waals surface area contributed by atoms with E-state index in [4.69, 9.17) is 0 Å². The maximum absolute atomic E-state index is 11.9. The molecule has 1 rings (SSSR count). The molecule has 0 bridgehead atoms. The van der Waals surface area contributed by atoms with E-state index >= 15 is 0 Å². The molecule has 1 fully saturated rings. The van der Waals surface area contributed by atoms with Crippen molar-refractivity contribution in [1.29, 1.82) is 0 Å². The molecule has 0 saturated carbocycles. The van der Waals surface area contributed by atoms with Crippen molar-refractivity contribution < 1.29 is 8.42 Å². The molecule has 5 heteroatoms. The normalized spacial score (nSPS) is 17.5.